The number of aliphatic carboxylic acids is 1. The van der Waals surface area contributed by atoms with Crippen LogP contribution in [-0.4, -0.2) is 60.0 Å². The summed E-state index contributed by atoms with van der Waals surface area (Å²) < 4.78 is 97.3. The summed E-state index contributed by atoms with van der Waals surface area (Å²) in [7, 11) is 0. The first kappa shape index (κ1) is 83.2. The minimum atomic E-state index is -2.17. The number of rotatable bonds is 38. The summed E-state index contributed by atoms with van der Waals surface area (Å²) in [5, 5.41) is 11.9. The lowest BCUT2D eigenvalue weighted by Crippen LogP contribution is -2.54. The molecule has 618 valence electrons. The highest BCUT2D eigenvalue weighted by Gasteiger charge is 2.48. The van der Waals surface area contributed by atoms with Crippen molar-refractivity contribution in [3.8, 4) is 62.9 Å². The maximum absolute atomic E-state index is 17.6. The summed E-state index contributed by atoms with van der Waals surface area (Å²) in [5.74, 6) is -5.42. The van der Waals surface area contributed by atoms with E-state index in [0.29, 0.717) is 27.8 Å². The molecule has 0 radical (unpaired) electrons. The molecule has 19 heteroatoms. The largest absolute Gasteiger partial charge is 0.485 e. The molecular formula is C104H88O19. The second-order valence-electron chi connectivity index (χ2n) is 28.9. The fraction of sp³-hybridized carbons (Fsp3) is 0.154. The van der Waals surface area contributed by atoms with Gasteiger partial charge in [0.1, 0.15) is 72.2 Å². The van der Waals surface area contributed by atoms with Gasteiger partial charge in [-0.1, -0.05) is 334 Å². The summed E-state index contributed by atoms with van der Waals surface area (Å²) in [5.41, 5.74) is 6.36. The van der Waals surface area contributed by atoms with Gasteiger partial charge in [0.05, 0.1) is 29.9 Å². The smallest absolute Gasteiger partial charge is 0.339 e. The minimum absolute atomic E-state index is 0.0178. The first-order valence-corrected chi connectivity index (χ1v) is 40.3. The summed E-state index contributed by atoms with van der Waals surface area (Å²) in [6.07, 6.45) is -8.34. The molecule has 1 aliphatic rings. The predicted octanol–water partition coefficient (Wildman–Crippen LogP) is 20.7. The van der Waals surface area contributed by atoms with Gasteiger partial charge in [0, 0.05) is 11.1 Å². The van der Waals surface area contributed by atoms with E-state index >= 15 is 14.4 Å². The van der Waals surface area contributed by atoms with Crippen molar-refractivity contribution in [2.45, 2.75) is 97.1 Å². The van der Waals surface area contributed by atoms with Crippen LogP contribution in [0.2, 0.25) is 0 Å². The van der Waals surface area contributed by atoms with Crippen molar-refractivity contribution in [3.05, 3.63) is 436 Å². The SMILES string of the molecule is O=C(OC1COC(=O)c2cc(OCc3ccccc3)c(OCc3ccccc3)c(OCc3ccccc3)c2-c2c(cc(OCc3ccccc3)c(OCc3ccccc3)c2OCc2ccccc2)C(=O)O[C@H]1C(OCc1ccccc1)C(OCc1ccccc1)C(=O)O)c1cc(OCc2ccccc2)c(OCc2ccccc2)c(OCc2ccccc2)c1. The van der Waals surface area contributed by atoms with E-state index in [1.54, 1.807) is 60.7 Å². The number of ether oxygens (including phenoxy) is 14. The molecule has 0 bridgehead atoms. The maximum atomic E-state index is 17.6. The Morgan fingerprint density at radius 1 is 0.301 bits per heavy atom. The van der Waals surface area contributed by atoms with Crippen LogP contribution in [0.4, 0.5) is 0 Å². The molecule has 0 spiro atoms. The van der Waals surface area contributed by atoms with E-state index in [0.717, 1.165) is 33.4 Å². The molecule has 1 N–H and O–H groups in total. The molecule has 4 atom stereocenters. The number of cyclic esters (lactones) is 2. The van der Waals surface area contributed by atoms with E-state index < -0.39 is 60.5 Å². The van der Waals surface area contributed by atoms with Crippen molar-refractivity contribution in [1.82, 2.24) is 0 Å². The van der Waals surface area contributed by atoms with Gasteiger partial charge < -0.3 is 71.4 Å². The molecule has 14 aromatic rings. The highest BCUT2D eigenvalue weighted by atomic mass is 16.6. The Labute approximate surface area is 712 Å². The van der Waals surface area contributed by atoms with Crippen molar-refractivity contribution in [2.75, 3.05) is 6.61 Å². The van der Waals surface area contributed by atoms with Crippen LogP contribution in [0.25, 0.3) is 11.1 Å². The van der Waals surface area contributed by atoms with Crippen LogP contribution >= 0.6 is 0 Å². The van der Waals surface area contributed by atoms with Gasteiger partial charge in [-0.3, -0.25) is 0 Å². The number of carboxylic acids is 1. The van der Waals surface area contributed by atoms with Gasteiger partial charge in [-0.15, -0.1) is 0 Å². The molecule has 0 saturated heterocycles. The number of carbonyl (C=O) groups is 4. The quantitative estimate of drug-likeness (QED) is 0.0281. The molecule has 1 heterocycles. The summed E-state index contributed by atoms with van der Waals surface area (Å²) in [6.45, 7) is -2.51. The molecule has 0 amide bonds. The monoisotopic (exact) mass is 1640 g/mol. The Kier molecular flexibility index (Phi) is 28.5. The number of carboxylic acid groups (broad SMARTS) is 1. The number of esters is 3. The van der Waals surface area contributed by atoms with Crippen LogP contribution in [0.1, 0.15) is 92.3 Å². The third kappa shape index (κ3) is 22.5. The molecule has 3 unspecified atom stereocenters. The molecule has 0 saturated carbocycles. The fourth-order valence-electron chi connectivity index (χ4n) is 13.8. The molecule has 123 heavy (non-hydrogen) atoms. The van der Waals surface area contributed by atoms with Gasteiger partial charge in [0.25, 0.3) is 0 Å². The lowest BCUT2D eigenvalue weighted by Gasteiger charge is -2.35. The zero-order chi connectivity index (χ0) is 84.2. The molecule has 0 fully saturated rings. The van der Waals surface area contributed by atoms with E-state index in [9.17, 15) is 9.90 Å². The molecule has 0 aliphatic carbocycles. The van der Waals surface area contributed by atoms with Gasteiger partial charge in [0.15, 0.2) is 52.8 Å². The molecule has 15 rings (SSSR count). The Morgan fingerprint density at radius 2 is 0.553 bits per heavy atom. The molecule has 1 aliphatic heterocycles. The van der Waals surface area contributed by atoms with Gasteiger partial charge in [-0.2, -0.15) is 0 Å². The summed E-state index contributed by atoms with van der Waals surface area (Å²) >= 11 is 0. The number of fused-ring (bicyclic) bond motifs is 3. The second kappa shape index (κ2) is 42.1. The fourth-order valence-corrected chi connectivity index (χ4v) is 13.8. The third-order valence-corrected chi connectivity index (χ3v) is 20.1. The van der Waals surface area contributed by atoms with Gasteiger partial charge in [0.2, 0.25) is 17.2 Å². The van der Waals surface area contributed by atoms with Crippen molar-refractivity contribution in [3.63, 3.8) is 0 Å². The Balaban J connectivity index is 0.992. The average molecular weight is 1640 g/mol. The van der Waals surface area contributed by atoms with Crippen LogP contribution in [0.5, 0.6) is 51.7 Å². The standard InChI is InChI=1S/C104H88O19/c105-101(106)100(120-70-82-54-32-11-33-55-82)99(119-69-81-52-30-10-31-53-81)96-90(122-102(107)83-56-86(110-60-72-34-12-1-13-35-72)93(114-64-76-42-20-5-21-43-76)87(57-83)111-61-73-36-14-2-15-37-73)71-121-103(108)84-58-88(112-62-74-38-16-3-17-39-74)94(115-65-77-44-22-6-23-45-77)97(117-67-79-48-26-8-27-49-79)91(84)92-85(104(109)123-96)59-89(113-63-75-40-18-4-19-41-75)95(116-66-78-46-24-7-25-47-78)98(92)118-68-80-50-28-9-29-51-80/h1-59,90,96,99-100H,60-71H2,(H,105,106)/t90?,96-,99?,100?/m1/s1. The van der Waals surface area contributed by atoms with E-state index in [-0.39, 0.29) is 147 Å². The highest BCUT2D eigenvalue weighted by molar-refractivity contribution is 6.09. The van der Waals surface area contributed by atoms with Crippen molar-refractivity contribution < 1.29 is 90.6 Å². The lowest BCUT2D eigenvalue weighted by molar-refractivity contribution is -0.187. The molecule has 0 aromatic heterocycles. The Hall–Kier alpha value is -14.9. The maximum Gasteiger partial charge on any atom is 0.339 e. The van der Waals surface area contributed by atoms with E-state index in [4.69, 9.17) is 66.3 Å². The van der Waals surface area contributed by atoms with Crippen molar-refractivity contribution in [1.29, 1.82) is 0 Å². The third-order valence-electron chi connectivity index (χ3n) is 20.1. The van der Waals surface area contributed by atoms with Gasteiger partial charge >= 0.3 is 23.9 Å². The molecule has 14 aromatic carbocycles. The molecule has 19 nitrogen and oxygen atoms in total. The average Bonchev–Trinajstić information content (AvgIpc) is 1.48. The number of hydrogen-bond donors (Lipinski definition) is 1. The zero-order valence-corrected chi connectivity index (χ0v) is 67.2. The van der Waals surface area contributed by atoms with E-state index in [1.807, 2.05) is 273 Å². The minimum Gasteiger partial charge on any atom is -0.485 e. The highest BCUT2D eigenvalue weighted by Crippen LogP contribution is 2.56. The van der Waals surface area contributed by atoms with Crippen molar-refractivity contribution in [2.24, 2.45) is 0 Å². The number of hydrogen-bond acceptors (Lipinski definition) is 18. The number of carbonyl (C=O) groups excluding carboxylic acids is 3. The van der Waals surface area contributed by atoms with Gasteiger partial charge in [-0.05, 0) is 85.5 Å². The van der Waals surface area contributed by atoms with Crippen LogP contribution < -0.4 is 42.6 Å². The second-order valence-corrected chi connectivity index (χ2v) is 28.9. The Morgan fingerprint density at radius 3 is 0.854 bits per heavy atom. The summed E-state index contributed by atoms with van der Waals surface area (Å²) in [4.78, 5) is 65.7. The Bertz CT molecular complexity index is 5680. The van der Waals surface area contributed by atoms with E-state index in [2.05, 4.69) is 0 Å². The van der Waals surface area contributed by atoms with Crippen molar-refractivity contribution >= 4 is 23.9 Å². The van der Waals surface area contributed by atoms with Crippen LogP contribution in [0.3, 0.4) is 0 Å². The zero-order valence-electron chi connectivity index (χ0n) is 67.2. The van der Waals surface area contributed by atoms with Crippen LogP contribution in [-0.2, 0) is 101 Å². The first-order valence-electron chi connectivity index (χ1n) is 40.3. The number of benzene rings is 14. The van der Waals surface area contributed by atoms with Crippen LogP contribution in [0, 0.1) is 0 Å². The summed E-state index contributed by atoms with van der Waals surface area (Å²) in [6, 6.07) is 108. The first-order chi connectivity index (χ1) is 60.6. The van der Waals surface area contributed by atoms with Gasteiger partial charge in [-0.25, -0.2) is 19.2 Å². The normalized spacial score (nSPS) is 13.5. The molecular weight excluding hydrogens is 1550 g/mol. The lowest BCUT2D eigenvalue weighted by atomic mass is 9.91. The topological polar surface area (TPSA) is 218 Å². The predicted molar refractivity (Wildman–Crippen MR) is 462 cm³/mol. The van der Waals surface area contributed by atoms with Crippen LogP contribution in [0.15, 0.2) is 358 Å². The van der Waals surface area contributed by atoms with E-state index in [1.165, 1.54) is 24.3 Å².